The van der Waals surface area contributed by atoms with Gasteiger partial charge in [-0.05, 0) is 36.2 Å². The van der Waals surface area contributed by atoms with Crippen LogP contribution < -0.4 is 0 Å². The quantitative estimate of drug-likeness (QED) is 0.811. The van der Waals surface area contributed by atoms with Crippen molar-refractivity contribution in [2.45, 2.75) is 13.0 Å². The summed E-state index contributed by atoms with van der Waals surface area (Å²) in [6.45, 7) is 3.77. The molecule has 1 heterocycles. The maximum absolute atomic E-state index is 12.7. The fraction of sp³-hybridized carbons (Fsp3) is 0.278. The zero-order valence-electron chi connectivity index (χ0n) is 12.5. The second kappa shape index (κ2) is 6.63. The molecule has 2 aromatic rings. The van der Waals surface area contributed by atoms with Crippen LogP contribution in [0, 0.1) is 6.92 Å². The average molecular weight is 360 g/mol. The molecule has 0 aromatic heterocycles. The van der Waals surface area contributed by atoms with Crippen LogP contribution in [0.15, 0.2) is 53.0 Å². The Morgan fingerprint density at radius 3 is 2.64 bits per heavy atom. The van der Waals surface area contributed by atoms with Gasteiger partial charge in [-0.2, -0.15) is 0 Å². The van der Waals surface area contributed by atoms with Gasteiger partial charge in [0.25, 0.3) is 5.91 Å². The first-order valence-corrected chi connectivity index (χ1v) is 8.16. The molecule has 0 aliphatic carbocycles. The van der Waals surface area contributed by atoms with E-state index in [1.165, 1.54) is 0 Å². The number of halogens is 1. The van der Waals surface area contributed by atoms with Gasteiger partial charge < -0.3 is 9.64 Å². The highest BCUT2D eigenvalue weighted by Crippen LogP contribution is 2.25. The Balaban J connectivity index is 1.77. The van der Waals surface area contributed by atoms with Crippen LogP contribution in [0.5, 0.6) is 0 Å². The number of benzene rings is 2. The van der Waals surface area contributed by atoms with Crippen LogP contribution in [0.2, 0.25) is 0 Å². The topological polar surface area (TPSA) is 29.5 Å². The van der Waals surface area contributed by atoms with Gasteiger partial charge in [0.05, 0.1) is 13.2 Å². The SMILES string of the molecule is Cc1ccccc1C(=O)N1CCOC(c2ccc(Br)cc2)C1. The first kappa shape index (κ1) is 15.3. The Morgan fingerprint density at radius 2 is 1.91 bits per heavy atom. The lowest BCUT2D eigenvalue weighted by Crippen LogP contribution is -2.42. The van der Waals surface area contributed by atoms with Crippen LogP contribution >= 0.6 is 15.9 Å². The Morgan fingerprint density at radius 1 is 1.18 bits per heavy atom. The third-order valence-electron chi connectivity index (χ3n) is 3.97. The highest BCUT2D eigenvalue weighted by atomic mass is 79.9. The number of nitrogens with zero attached hydrogens (tertiary/aromatic N) is 1. The second-order valence-electron chi connectivity index (χ2n) is 5.48. The van der Waals surface area contributed by atoms with Crippen LogP contribution in [0.1, 0.15) is 27.6 Å². The summed E-state index contributed by atoms with van der Waals surface area (Å²) in [4.78, 5) is 14.6. The third kappa shape index (κ3) is 3.23. The molecule has 1 atom stereocenters. The summed E-state index contributed by atoms with van der Waals surface area (Å²) in [7, 11) is 0. The van der Waals surface area contributed by atoms with E-state index >= 15 is 0 Å². The van der Waals surface area contributed by atoms with Gasteiger partial charge in [-0.3, -0.25) is 4.79 Å². The van der Waals surface area contributed by atoms with Gasteiger partial charge in [0, 0.05) is 16.6 Å². The van der Waals surface area contributed by atoms with Crippen molar-refractivity contribution in [2.24, 2.45) is 0 Å². The van der Waals surface area contributed by atoms with E-state index in [2.05, 4.69) is 15.9 Å². The average Bonchev–Trinajstić information content (AvgIpc) is 2.55. The van der Waals surface area contributed by atoms with E-state index in [1.807, 2.05) is 60.4 Å². The Labute approximate surface area is 139 Å². The van der Waals surface area contributed by atoms with Crippen molar-refractivity contribution in [1.82, 2.24) is 4.90 Å². The summed E-state index contributed by atoms with van der Waals surface area (Å²) in [5, 5.41) is 0. The van der Waals surface area contributed by atoms with Crippen LogP contribution in [0.25, 0.3) is 0 Å². The highest BCUT2D eigenvalue weighted by molar-refractivity contribution is 9.10. The van der Waals surface area contributed by atoms with E-state index in [4.69, 9.17) is 4.74 Å². The number of carbonyl (C=O) groups excluding carboxylic acids is 1. The predicted octanol–water partition coefficient (Wildman–Crippen LogP) is 3.97. The molecular weight excluding hydrogens is 342 g/mol. The van der Waals surface area contributed by atoms with Gasteiger partial charge in [0.15, 0.2) is 0 Å². The van der Waals surface area contributed by atoms with Crippen molar-refractivity contribution < 1.29 is 9.53 Å². The first-order chi connectivity index (χ1) is 10.6. The maximum Gasteiger partial charge on any atom is 0.254 e. The first-order valence-electron chi connectivity index (χ1n) is 7.37. The van der Waals surface area contributed by atoms with E-state index in [1.54, 1.807) is 0 Å². The number of rotatable bonds is 2. The lowest BCUT2D eigenvalue weighted by molar-refractivity contribution is -0.0228. The molecule has 0 saturated carbocycles. The zero-order valence-corrected chi connectivity index (χ0v) is 14.0. The van der Waals surface area contributed by atoms with Gasteiger partial charge in [-0.25, -0.2) is 0 Å². The highest BCUT2D eigenvalue weighted by Gasteiger charge is 2.26. The molecule has 0 radical (unpaired) electrons. The fourth-order valence-corrected chi connectivity index (χ4v) is 2.96. The molecule has 4 heteroatoms. The maximum atomic E-state index is 12.7. The standard InChI is InChI=1S/C18H18BrNO2/c1-13-4-2-3-5-16(13)18(21)20-10-11-22-17(12-20)14-6-8-15(19)9-7-14/h2-9,17H,10-12H2,1H3. The molecule has 1 saturated heterocycles. The molecule has 1 aliphatic rings. The number of morpholine rings is 1. The number of carbonyl (C=O) groups is 1. The van der Waals surface area contributed by atoms with E-state index in [0.29, 0.717) is 19.7 Å². The Bertz CT molecular complexity index is 669. The molecule has 22 heavy (non-hydrogen) atoms. The summed E-state index contributed by atoms with van der Waals surface area (Å²) in [6, 6.07) is 15.8. The molecule has 114 valence electrons. The lowest BCUT2D eigenvalue weighted by Gasteiger charge is -2.33. The van der Waals surface area contributed by atoms with Crippen molar-refractivity contribution in [3.05, 3.63) is 69.7 Å². The van der Waals surface area contributed by atoms with Crippen molar-refractivity contribution in [1.29, 1.82) is 0 Å². The number of hydrogen-bond donors (Lipinski definition) is 0. The third-order valence-corrected chi connectivity index (χ3v) is 4.50. The van der Waals surface area contributed by atoms with Crippen molar-refractivity contribution in [3.63, 3.8) is 0 Å². The number of amides is 1. The minimum atomic E-state index is -0.0604. The van der Waals surface area contributed by atoms with Crippen molar-refractivity contribution in [3.8, 4) is 0 Å². The number of aryl methyl sites for hydroxylation is 1. The molecule has 3 nitrogen and oxygen atoms in total. The Kier molecular flexibility index (Phi) is 4.60. The molecular formula is C18H18BrNO2. The van der Waals surface area contributed by atoms with Crippen LogP contribution in [0.3, 0.4) is 0 Å². The molecule has 1 fully saturated rings. The van der Waals surface area contributed by atoms with E-state index < -0.39 is 0 Å². The number of hydrogen-bond acceptors (Lipinski definition) is 2. The van der Waals surface area contributed by atoms with Crippen LogP contribution in [-0.4, -0.2) is 30.5 Å². The largest absolute Gasteiger partial charge is 0.370 e. The minimum Gasteiger partial charge on any atom is -0.370 e. The van der Waals surface area contributed by atoms with Gasteiger partial charge in [0.1, 0.15) is 6.10 Å². The summed E-state index contributed by atoms with van der Waals surface area (Å²) in [6.07, 6.45) is -0.0604. The summed E-state index contributed by atoms with van der Waals surface area (Å²) in [5.41, 5.74) is 2.89. The molecule has 0 bridgehead atoms. The fourth-order valence-electron chi connectivity index (χ4n) is 2.70. The molecule has 1 aliphatic heterocycles. The second-order valence-corrected chi connectivity index (χ2v) is 6.39. The lowest BCUT2D eigenvalue weighted by atomic mass is 10.1. The van der Waals surface area contributed by atoms with E-state index in [0.717, 1.165) is 21.2 Å². The van der Waals surface area contributed by atoms with Gasteiger partial charge in [-0.1, -0.05) is 46.3 Å². The molecule has 1 unspecified atom stereocenters. The molecule has 1 amide bonds. The molecule has 0 spiro atoms. The van der Waals surface area contributed by atoms with Gasteiger partial charge >= 0.3 is 0 Å². The molecule has 3 rings (SSSR count). The smallest absolute Gasteiger partial charge is 0.254 e. The van der Waals surface area contributed by atoms with Gasteiger partial charge in [-0.15, -0.1) is 0 Å². The van der Waals surface area contributed by atoms with E-state index in [-0.39, 0.29) is 12.0 Å². The van der Waals surface area contributed by atoms with Gasteiger partial charge in [0.2, 0.25) is 0 Å². The molecule has 2 aromatic carbocycles. The predicted molar refractivity (Wildman–Crippen MR) is 89.9 cm³/mol. The monoisotopic (exact) mass is 359 g/mol. The van der Waals surface area contributed by atoms with E-state index in [9.17, 15) is 4.79 Å². The van der Waals surface area contributed by atoms with Crippen molar-refractivity contribution in [2.75, 3.05) is 19.7 Å². The molecule has 0 N–H and O–H groups in total. The number of ether oxygens (including phenoxy) is 1. The van der Waals surface area contributed by atoms with Crippen molar-refractivity contribution >= 4 is 21.8 Å². The summed E-state index contributed by atoms with van der Waals surface area (Å²) >= 11 is 3.44. The summed E-state index contributed by atoms with van der Waals surface area (Å²) in [5.74, 6) is 0.0866. The van der Waals surface area contributed by atoms with Crippen LogP contribution in [-0.2, 0) is 4.74 Å². The Hall–Kier alpha value is -1.65. The zero-order chi connectivity index (χ0) is 15.5. The summed E-state index contributed by atoms with van der Waals surface area (Å²) < 4.78 is 6.88. The van der Waals surface area contributed by atoms with Crippen LogP contribution in [0.4, 0.5) is 0 Å². The normalized spacial score (nSPS) is 18.3. The minimum absolute atomic E-state index is 0.0604.